The quantitative estimate of drug-likeness (QED) is 0.520. The molecular weight excluding hydrogens is 474 g/mol. The Morgan fingerprint density at radius 2 is 2.05 bits per heavy atom. The van der Waals surface area contributed by atoms with E-state index < -0.39 is 5.91 Å². The van der Waals surface area contributed by atoms with Gasteiger partial charge in [0.2, 0.25) is 5.82 Å². The van der Waals surface area contributed by atoms with Crippen molar-refractivity contribution in [3.63, 3.8) is 0 Å². The largest absolute Gasteiger partial charge is 0.394 e. The highest BCUT2D eigenvalue weighted by Crippen LogP contribution is 2.26. The van der Waals surface area contributed by atoms with Crippen LogP contribution in [-0.2, 0) is 13.0 Å². The average Bonchev–Trinajstić information content (AvgIpc) is 3.64. The van der Waals surface area contributed by atoms with Gasteiger partial charge in [-0.25, -0.2) is 14.5 Å². The molecule has 37 heavy (non-hydrogen) atoms. The van der Waals surface area contributed by atoms with E-state index in [0.717, 1.165) is 24.0 Å². The first-order chi connectivity index (χ1) is 17.9. The third kappa shape index (κ3) is 5.15. The molecule has 0 unspecified atom stereocenters. The van der Waals surface area contributed by atoms with Crippen molar-refractivity contribution in [3.8, 4) is 11.5 Å². The van der Waals surface area contributed by atoms with Gasteiger partial charge in [-0.3, -0.25) is 9.78 Å². The van der Waals surface area contributed by atoms with Gasteiger partial charge in [-0.2, -0.15) is 0 Å². The van der Waals surface area contributed by atoms with Crippen LogP contribution in [0, 0.1) is 0 Å². The molecular formula is C25H31N9O3. The topological polar surface area (TPSA) is 142 Å². The lowest BCUT2D eigenvalue weighted by Crippen LogP contribution is -2.47. The Kier molecular flexibility index (Phi) is 7.08. The van der Waals surface area contributed by atoms with E-state index in [2.05, 4.69) is 30.8 Å². The molecule has 194 valence electrons. The van der Waals surface area contributed by atoms with Crippen molar-refractivity contribution < 1.29 is 14.7 Å². The Morgan fingerprint density at radius 3 is 2.84 bits per heavy atom. The molecule has 5 rings (SSSR count). The zero-order valence-electron chi connectivity index (χ0n) is 21.0. The maximum absolute atomic E-state index is 13.1. The number of carbonyl (C=O) groups excluding carboxylic acids is 2. The number of nitrogens with one attached hydrogen (secondary N) is 1. The van der Waals surface area contributed by atoms with Crippen molar-refractivity contribution >= 4 is 17.8 Å². The van der Waals surface area contributed by atoms with E-state index in [4.69, 9.17) is 0 Å². The van der Waals surface area contributed by atoms with Crippen LogP contribution in [0.3, 0.4) is 0 Å². The van der Waals surface area contributed by atoms with Crippen molar-refractivity contribution in [1.82, 2.24) is 40.0 Å². The summed E-state index contributed by atoms with van der Waals surface area (Å²) in [4.78, 5) is 38.7. The van der Waals surface area contributed by atoms with Gasteiger partial charge in [-0.1, -0.05) is 18.9 Å². The number of aliphatic hydroxyl groups excluding tert-OH is 1. The van der Waals surface area contributed by atoms with Crippen LogP contribution in [-0.4, -0.2) is 83.3 Å². The van der Waals surface area contributed by atoms with Crippen LogP contribution in [0.15, 0.2) is 30.5 Å². The summed E-state index contributed by atoms with van der Waals surface area (Å²) in [6.07, 6.45) is 6.90. The van der Waals surface area contributed by atoms with Gasteiger partial charge < -0.3 is 20.2 Å². The molecule has 1 aliphatic carbocycles. The lowest BCUT2D eigenvalue weighted by molar-refractivity contribution is 0.102. The van der Waals surface area contributed by atoms with E-state index in [9.17, 15) is 14.7 Å². The third-order valence-electron chi connectivity index (χ3n) is 7.17. The highest BCUT2D eigenvalue weighted by molar-refractivity contribution is 6.02. The molecule has 1 saturated carbocycles. The van der Waals surface area contributed by atoms with Crippen LogP contribution >= 0.6 is 0 Å². The lowest BCUT2D eigenvalue weighted by atomic mass is 10.0. The minimum atomic E-state index is -0.401. The second kappa shape index (κ2) is 10.6. The molecule has 2 N–H and O–H groups in total. The maximum Gasteiger partial charge on any atom is 0.320 e. The highest BCUT2D eigenvalue weighted by Gasteiger charge is 2.29. The van der Waals surface area contributed by atoms with Gasteiger partial charge in [-0.05, 0) is 65.9 Å². The molecule has 0 aromatic carbocycles. The number of rotatable bonds is 6. The van der Waals surface area contributed by atoms with Crippen molar-refractivity contribution in [1.29, 1.82) is 0 Å². The summed E-state index contributed by atoms with van der Waals surface area (Å²) < 4.78 is 1.48. The number of hydrogen-bond acceptors (Lipinski definition) is 8. The van der Waals surface area contributed by atoms with E-state index in [-0.39, 0.29) is 24.4 Å². The van der Waals surface area contributed by atoms with Gasteiger partial charge in [0.25, 0.3) is 5.91 Å². The first-order valence-corrected chi connectivity index (χ1v) is 12.6. The fraction of sp³-hybridized carbons (Fsp3) is 0.480. The van der Waals surface area contributed by atoms with Gasteiger partial charge in [0.15, 0.2) is 0 Å². The summed E-state index contributed by atoms with van der Waals surface area (Å²) in [7, 11) is 1.89. The normalized spacial score (nSPS) is 16.4. The Balaban J connectivity index is 1.29. The van der Waals surface area contributed by atoms with Gasteiger partial charge >= 0.3 is 6.03 Å². The number of carbonyl (C=O) groups is 2. The van der Waals surface area contributed by atoms with E-state index in [1.54, 1.807) is 37.4 Å². The Bertz CT molecular complexity index is 1290. The zero-order chi connectivity index (χ0) is 25.9. The number of pyridine rings is 2. The molecule has 1 fully saturated rings. The molecule has 0 saturated heterocycles. The second-order valence-corrected chi connectivity index (χ2v) is 9.68. The summed E-state index contributed by atoms with van der Waals surface area (Å²) in [5.41, 5.74) is 2.69. The minimum Gasteiger partial charge on any atom is -0.394 e. The smallest absolute Gasteiger partial charge is 0.320 e. The molecule has 12 heteroatoms. The average molecular weight is 506 g/mol. The first-order valence-electron chi connectivity index (χ1n) is 12.6. The number of aliphatic hydroxyl groups is 1. The fourth-order valence-electron chi connectivity index (χ4n) is 4.94. The number of fused-ring (bicyclic) bond motifs is 1. The second-order valence-electron chi connectivity index (χ2n) is 9.68. The lowest BCUT2D eigenvalue weighted by Gasteiger charge is -2.34. The van der Waals surface area contributed by atoms with E-state index in [0.29, 0.717) is 42.9 Å². The monoisotopic (exact) mass is 505 g/mol. The summed E-state index contributed by atoms with van der Waals surface area (Å²) in [6, 6.07) is 6.93. The van der Waals surface area contributed by atoms with Crippen molar-refractivity contribution in [2.45, 2.75) is 57.7 Å². The highest BCUT2D eigenvalue weighted by atomic mass is 16.3. The molecule has 0 radical (unpaired) electrons. The number of aromatic nitrogens is 6. The molecule has 3 aromatic rings. The van der Waals surface area contributed by atoms with E-state index in [1.165, 1.54) is 17.5 Å². The van der Waals surface area contributed by atoms with Crippen LogP contribution in [0.2, 0.25) is 0 Å². The molecule has 12 nitrogen and oxygen atoms in total. The molecule has 4 heterocycles. The summed E-state index contributed by atoms with van der Waals surface area (Å²) >= 11 is 0. The predicted molar refractivity (Wildman–Crippen MR) is 135 cm³/mol. The van der Waals surface area contributed by atoms with Gasteiger partial charge in [0.05, 0.1) is 12.6 Å². The minimum absolute atomic E-state index is 0.0410. The Hall–Kier alpha value is -3.93. The van der Waals surface area contributed by atoms with Crippen LogP contribution < -0.4 is 5.32 Å². The van der Waals surface area contributed by atoms with E-state index >= 15 is 0 Å². The molecule has 0 spiro atoms. The summed E-state index contributed by atoms with van der Waals surface area (Å²) in [5, 5.41) is 23.9. The van der Waals surface area contributed by atoms with Crippen molar-refractivity contribution in [2.75, 3.05) is 25.5 Å². The van der Waals surface area contributed by atoms with Gasteiger partial charge in [0, 0.05) is 32.4 Å². The molecule has 3 aromatic heterocycles. The molecule has 3 amide bonds. The molecule has 0 bridgehead atoms. The van der Waals surface area contributed by atoms with Gasteiger partial charge in [-0.15, -0.1) is 5.10 Å². The van der Waals surface area contributed by atoms with Crippen LogP contribution in [0.25, 0.3) is 11.5 Å². The summed E-state index contributed by atoms with van der Waals surface area (Å²) in [5.74, 6) is 0.308. The predicted octanol–water partition coefficient (Wildman–Crippen LogP) is 2.29. The van der Waals surface area contributed by atoms with Crippen molar-refractivity contribution in [3.05, 3.63) is 47.3 Å². The Morgan fingerprint density at radius 1 is 1.24 bits per heavy atom. The van der Waals surface area contributed by atoms with Gasteiger partial charge in [0.1, 0.15) is 17.2 Å². The molecule has 2 aliphatic rings. The molecule has 1 aliphatic heterocycles. The Labute approximate surface area is 214 Å². The number of amides is 3. The third-order valence-corrected chi connectivity index (χ3v) is 7.17. The fourth-order valence-corrected chi connectivity index (χ4v) is 4.94. The standard InChI is InChI=1S/C25H31N9O3/c1-16(15-35)34-23(29-30-31-34)20-8-5-9-22(27-20)28-24(36)21-12-18-14-33(11-10-17(18)13-26-21)25(37)32(2)19-6-3-4-7-19/h5,8-9,12-13,16,19,35H,3-4,6-7,10-11,14-15H2,1-2H3,(H,27,28,36)/t16-/m1/s1. The van der Waals surface area contributed by atoms with E-state index in [1.807, 2.05) is 16.8 Å². The first kappa shape index (κ1) is 24.8. The summed E-state index contributed by atoms with van der Waals surface area (Å²) in [6.45, 7) is 2.75. The van der Waals surface area contributed by atoms with Crippen molar-refractivity contribution in [2.24, 2.45) is 0 Å². The number of nitrogens with zero attached hydrogens (tertiary/aromatic N) is 8. The SMILES string of the molecule is C[C@H](CO)n1nnnc1-c1cccc(NC(=O)c2cc3c(cn2)CCN(C(=O)N(C)C2CCCC2)C3)n1. The number of tetrazole rings is 1. The van der Waals surface area contributed by atoms with Crippen LogP contribution in [0.1, 0.15) is 60.3 Å². The van der Waals surface area contributed by atoms with Crippen LogP contribution in [0.4, 0.5) is 10.6 Å². The maximum atomic E-state index is 13.1. The number of hydrogen-bond donors (Lipinski definition) is 2. The van der Waals surface area contributed by atoms with Crippen LogP contribution in [0.5, 0.6) is 0 Å². The number of anilines is 1. The zero-order valence-corrected chi connectivity index (χ0v) is 21.0. The molecule has 1 atom stereocenters. The number of urea groups is 1.